The van der Waals surface area contributed by atoms with E-state index >= 15 is 0 Å². The molecule has 1 aromatic carbocycles. The molecule has 0 saturated carbocycles. The molecule has 0 aliphatic carbocycles. The highest BCUT2D eigenvalue weighted by Gasteiger charge is 2.27. The first-order chi connectivity index (χ1) is 10.8. The second-order valence-electron chi connectivity index (χ2n) is 5.24. The number of carbonyl (C=O) groups excluding carboxylic acids is 1. The van der Waals surface area contributed by atoms with Gasteiger partial charge in [-0.05, 0) is 24.6 Å². The normalized spacial score (nSPS) is 13.0. The Balaban J connectivity index is 2.19. The van der Waals surface area contributed by atoms with Crippen LogP contribution in [0.25, 0.3) is 0 Å². The van der Waals surface area contributed by atoms with Crippen LogP contribution in [0.4, 0.5) is 0 Å². The van der Waals surface area contributed by atoms with Gasteiger partial charge in [-0.15, -0.1) is 11.3 Å². The molecule has 5 nitrogen and oxygen atoms in total. The first-order valence-corrected chi connectivity index (χ1v) is 9.44. The lowest BCUT2D eigenvalue weighted by Gasteiger charge is -2.24. The van der Waals surface area contributed by atoms with Gasteiger partial charge in [0.1, 0.15) is 4.21 Å². The molecule has 0 bridgehead atoms. The summed E-state index contributed by atoms with van der Waals surface area (Å²) in [6.45, 7) is 3.63. The molecule has 1 amide bonds. The Morgan fingerprint density at radius 2 is 1.87 bits per heavy atom. The zero-order valence-electron chi connectivity index (χ0n) is 13.3. The van der Waals surface area contributed by atoms with Crippen LogP contribution in [0, 0.1) is 0 Å². The topological polar surface area (TPSA) is 66.5 Å². The third kappa shape index (κ3) is 4.19. The van der Waals surface area contributed by atoms with Crippen molar-refractivity contribution in [2.45, 2.75) is 30.6 Å². The molecule has 0 saturated heterocycles. The van der Waals surface area contributed by atoms with Crippen molar-refractivity contribution in [2.75, 3.05) is 7.05 Å². The molecule has 1 atom stereocenters. The van der Waals surface area contributed by atoms with Gasteiger partial charge >= 0.3 is 0 Å². The van der Waals surface area contributed by atoms with E-state index in [1.165, 1.54) is 22.6 Å². The van der Waals surface area contributed by atoms with E-state index in [1.807, 2.05) is 37.3 Å². The average molecular weight is 352 g/mol. The molecule has 0 aliphatic heterocycles. The first-order valence-electron chi connectivity index (χ1n) is 7.18. The van der Waals surface area contributed by atoms with Crippen LogP contribution in [0.3, 0.4) is 0 Å². The average Bonchev–Trinajstić information content (AvgIpc) is 3.02. The van der Waals surface area contributed by atoms with E-state index < -0.39 is 10.0 Å². The minimum atomic E-state index is -3.56. The molecule has 0 aliphatic rings. The van der Waals surface area contributed by atoms with E-state index in [0.717, 1.165) is 10.4 Å². The van der Waals surface area contributed by atoms with Crippen molar-refractivity contribution >= 4 is 27.3 Å². The highest BCUT2D eigenvalue weighted by atomic mass is 32.2. The molecule has 23 heavy (non-hydrogen) atoms. The zero-order valence-corrected chi connectivity index (χ0v) is 14.9. The summed E-state index contributed by atoms with van der Waals surface area (Å²) in [6.07, 6.45) is 0. The second-order valence-corrected chi connectivity index (χ2v) is 8.63. The van der Waals surface area contributed by atoms with Crippen molar-refractivity contribution in [1.29, 1.82) is 0 Å². The molecule has 1 aromatic heterocycles. The van der Waals surface area contributed by atoms with Gasteiger partial charge < -0.3 is 5.32 Å². The van der Waals surface area contributed by atoms with Gasteiger partial charge in [-0.25, -0.2) is 8.42 Å². The van der Waals surface area contributed by atoms with Crippen LogP contribution in [0.2, 0.25) is 0 Å². The van der Waals surface area contributed by atoms with Crippen LogP contribution in [-0.4, -0.2) is 25.7 Å². The number of amides is 1. The number of rotatable bonds is 6. The van der Waals surface area contributed by atoms with E-state index in [1.54, 1.807) is 19.2 Å². The van der Waals surface area contributed by atoms with Crippen molar-refractivity contribution in [3.63, 3.8) is 0 Å². The summed E-state index contributed by atoms with van der Waals surface area (Å²) in [5.41, 5.74) is 0.939. The number of carbonyl (C=O) groups is 1. The van der Waals surface area contributed by atoms with Gasteiger partial charge in [0.25, 0.3) is 10.0 Å². The first kappa shape index (κ1) is 17.7. The van der Waals surface area contributed by atoms with E-state index in [-0.39, 0.29) is 16.2 Å². The van der Waals surface area contributed by atoms with Gasteiger partial charge in [0, 0.05) is 24.9 Å². The molecule has 124 valence electrons. The quantitative estimate of drug-likeness (QED) is 0.869. The number of nitrogens with zero attached hydrogens (tertiary/aromatic N) is 1. The monoisotopic (exact) mass is 352 g/mol. The van der Waals surface area contributed by atoms with Crippen LogP contribution in [-0.2, 0) is 21.4 Å². The number of hydrogen-bond acceptors (Lipinski definition) is 4. The molecule has 2 rings (SSSR count). The van der Waals surface area contributed by atoms with Crippen LogP contribution < -0.4 is 5.32 Å². The molecule has 0 radical (unpaired) electrons. The summed E-state index contributed by atoms with van der Waals surface area (Å²) in [4.78, 5) is 11.7. The van der Waals surface area contributed by atoms with Crippen LogP contribution in [0.5, 0.6) is 0 Å². The molecule has 2 aromatic rings. The molecule has 1 N–H and O–H groups in total. The lowest BCUT2D eigenvalue weighted by atomic mass is 10.1. The fraction of sp³-hybridized carbons (Fsp3) is 0.312. The molecule has 0 spiro atoms. The van der Waals surface area contributed by atoms with E-state index in [0.29, 0.717) is 6.54 Å². The van der Waals surface area contributed by atoms with Crippen LogP contribution >= 0.6 is 11.3 Å². The molecular formula is C16H20N2O3S2. The van der Waals surface area contributed by atoms with Gasteiger partial charge in [0.05, 0.1) is 6.54 Å². The minimum Gasteiger partial charge on any atom is -0.351 e. The van der Waals surface area contributed by atoms with Gasteiger partial charge in [-0.1, -0.05) is 30.3 Å². The number of benzene rings is 1. The SMILES string of the molecule is CC(=O)NCc1ccc(S(=O)(=O)N(C)[C@H](C)c2ccccc2)s1. The van der Waals surface area contributed by atoms with Gasteiger partial charge in [0.2, 0.25) is 5.91 Å². The zero-order chi connectivity index (χ0) is 17.0. The predicted octanol–water partition coefficient (Wildman–Crippen LogP) is 2.77. The Morgan fingerprint density at radius 1 is 1.22 bits per heavy atom. The molecule has 0 unspecified atom stereocenters. The van der Waals surface area contributed by atoms with Crippen molar-refractivity contribution in [3.8, 4) is 0 Å². The van der Waals surface area contributed by atoms with E-state index in [2.05, 4.69) is 5.32 Å². The molecule has 7 heteroatoms. The smallest absolute Gasteiger partial charge is 0.252 e. The summed E-state index contributed by atoms with van der Waals surface area (Å²) in [7, 11) is -1.98. The standard InChI is InChI=1S/C16H20N2O3S2/c1-12(14-7-5-4-6-8-14)18(3)23(20,21)16-10-9-15(22-16)11-17-13(2)19/h4-10,12H,11H2,1-3H3,(H,17,19)/t12-/m1/s1. The lowest BCUT2D eigenvalue weighted by Crippen LogP contribution is -2.29. The minimum absolute atomic E-state index is 0.141. The van der Waals surface area contributed by atoms with E-state index in [4.69, 9.17) is 0 Å². The third-order valence-electron chi connectivity index (χ3n) is 3.61. The maximum atomic E-state index is 12.7. The predicted molar refractivity (Wildman–Crippen MR) is 91.6 cm³/mol. The third-order valence-corrected chi connectivity index (χ3v) is 7.09. The van der Waals surface area contributed by atoms with Crippen molar-refractivity contribution in [3.05, 3.63) is 52.9 Å². The number of hydrogen-bond donors (Lipinski definition) is 1. The molecular weight excluding hydrogens is 332 g/mol. The summed E-state index contributed by atoms with van der Waals surface area (Å²) in [5.74, 6) is -0.141. The summed E-state index contributed by atoms with van der Waals surface area (Å²) < 4.78 is 27.1. The van der Waals surface area contributed by atoms with E-state index in [9.17, 15) is 13.2 Å². The molecule has 1 heterocycles. The fourth-order valence-electron chi connectivity index (χ4n) is 2.10. The highest BCUT2D eigenvalue weighted by molar-refractivity contribution is 7.91. The molecule has 0 fully saturated rings. The highest BCUT2D eigenvalue weighted by Crippen LogP contribution is 2.29. The lowest BCUT2D eigenvalue weighted by molar-refractivity contribution is -0.119. The summed E-state index contributed by atoms with van der Waals surface area (Å²) >= 11 is 1.18. The summed E-state index contributed by atoms with van der Waals surface area (Å²) in [6, 6.07) is 12.6. The van der Waals surface area contributed by atoms with Gasteiger partial charge in [0.15, 0.2) is 0 Å². The maximum absolute atomic E-state index is 12.7. The van der Waals surface area contributed by atoms with Crippen molar-refractivity contribution in [1.82, 2.24) is 9.62 Å². The second kappa shape index (κ2) is 7.25. The number of thiophene rings is 1. The Labute approximate surface area is 141 Å². The van der Waals surface area contributed by atoms with Gasteiger partial charge in [-0.2, -0.15) is 4.31 Å². The Hall–Kier alpha value is -1.70. The van der Waals surface area contributed by atoms with Gasteiger partial charge in [-0.3, -0.25) is 4.79 Å². The Bertz CT molecular complexity index is 770. The van der Waals surface area contributed by atoms with Crippen molar-refractivity contribution < 1.29 is 13.2 Å². The largest absolute Gasteiger partial charge is 0.351 e. The number of nitrogens with one attached hydrogen (secondary N) is 1. The Morgan fingerprint density at radius 3 is 2.48 bits per heavy atom. The fourth-order valence-corrected chi connectivity index (χ4v) is 4.93. The maximum Gasteiger partial charge on any atom is 0.252 e. The summed E-state index contributed by atoms with van der Waals surface area (Å²) in [5, 5.41) is 2.67. The van der Waals surface area contributed by atoms with Crippen LogP contribution in [0.1, 0.15) is 30.3 Å². The Kier molecular flexibility index (Phi) is 5.56. The van der Waals surface area contributed by atoms with Crippen molar-refractivity contribution in [2.24, 2.45) is 0 Å². The number of sulfonamides is 1. The van der Waals surface area contributed by atoms with Crippen LogP contribution in [0.15, 0.2) is 46.7 Å².